The van der Waals surface area contributed by atoms with Gasteiger partial charge in [-0.05, 0) is 30.3 Å². The summed E-state index contributed by atoms with van der Waals surface area (Å²) in [6.07, 6.45) is 0. The maximum Gasteiger partial charge on any atom is 0.420 e. The molecule has 0 spiro atoms. The molecular weight excluding hydrogens is 286 g/mol. The van der Waals surface area contributed by atoms with Gasteiger partial charge in [-0.2, -0.15) is 0 Å². The van der Waals surface area contributed by atoms with Crippen molar-refractivity contribution in [3.8, 4) is 0 Å². The van der Waals surface area contributed by atoms with E-state index in [-0.39, 0.29) is 12.3 Å². The molecule has 0 radical (unpaired) electrons. The van der Waals surface area contributed by atoms with Crippen LogP contribution in [0.5, 0.6) is 0 Å². The minimum absolute atomic E-state index is 0.0689. The van der Waals surface area contributed by atoms with E-state index in [9.17, 15) is 9.59 Å². The van der Waals surface area contributed by atoms with Gasteiger partial charge in [0.25, 0.3) is 0 Å². The molecule has 3 aromatic rings. The van der Waals surface area contributed by atoms with Crippen LogP contribution in [0.2, 0.25) is 5.02 Å². The molecule has 0 fully saturated rings. The Morgan fingerprint density at radius 1 is 1.25 bits per heavy atom. The first kappa shape index (κ1) is 12.6. The topological polar surface area (TPSA) is 85.6 Å². The molecule has 3 rings (SSSR count). The Morgan fingerprint density at radius 2 is 2.05 bits per heavy atom. The van der Waals surface area contributed by atoms with E-state index < -0.39 is 11.7 Å². The molecule has 0 atom stereocenters. The number of benzene rings is 1. The van der Waals surface area contributed by atoms with E-state index in [2.05, 4.69) is 0 Å². The maximum absolute atomic E-state index is 11.8. The van der Waals surface area contributed by atoms with Gasteiger partial charge in [0.2, 0.25) is 5.76 Å². The lowest BCUT2D eigenvalue weighted by Crippen LogP contribution is -2.14. The molecule has 0 amide bonds. The summed E-state index contributed by atoms with van der Waals surface area (Å²) in [7, 11) is 0. The number of halogens is 1. The van der Waals surface area contributed by atoms with Gasteiger partial charge in [-0.3, -0.25) is 4.57 Å². The van der Waals surface area contributed by atoms with Crippen LogP contribution in [0.1, 0.15) is 16.3 Å². The van der Waals surface area contributed by atoms with Gasteiger partial charge in [0.15, 0.2) is 5.58 Å². The van der Waals surface area contributed by atoms with E-state index in [1.165, 1.54) is 16.7 Å². The highest BCUT2D eigenvalue weighted by Crippen LogP contribution is 2.19. The minimum atomic E-state index is -1.16. The Bertz CT molecular complexity index is 857. The minimum Gasteiger partial charge on any atom is -0.475 e. The first-order valence-electron chi connectivity index (χ1n) is 5.65. The fourth-order valence-corrected chi connectivity index (χ4v) is 2.09. The van der Waals surface area contributed by atoms with Gasteiger partial charge < -0.3 is 13.9 Å². The number of carboxylic acid groups (broad SMARTS) is 1. The number of nitrogens with zero attached hydrogens (tertiary/aromatic N) is 1. The van der Waals surface area contributed by atoms with Crippen molar-refractivity contribution in [2.24, 2.45) is 0 Å². The van der Waals surface area contributed by atoms with E-state index in [4.69, 9.17) is 25.5 Å². The van der Waals surface area contributed by atoms with Gasteiger partial charge in [0.1, 0.15) is 5.76 Å². The lowest BCUT2D eigenvalue weighted by molar-refractivity contribution is 0.0660. The van der Waals surface area contributed by atoms with Crippen molar-refractivity contribution >= 4 is 28.7 Å². The Morgan fingerprint density at radius 3 is 2.75 bits per heavy atom. The van der Waals surface area contributed by atoms with Gasteiger partial charge in [0, 0.05) is 5.02 Å². The third-order valence-corrected chi connectivity index (χ3v) is 3.05. The summed E-state index contributed by atoms with van der Waals surface area (Å²) in [5, 5.41) is 9.26. The van der Waals surface area contributed by atoms with E-state index in [1.54, 1.807) is 18.2 Å². The van der Waals surface area contributed by atoms with E-state index in [1.807, 2.05) is 0 Å². The lowest BCUT2D eigenvalue weighted by Gasteiger charge is -1.99. The SMILES string of the molecule is O=C(O)c1ccc(Cn2c(=O)oc3ccc(Cl)cc32)o1. The second-order valence-electron chi connectivity index (χ2n) is 4.14. The Balaban J connectivity index is 2.05. The maximum atomic E-state index is 11.8. The van der Waals surface area contributed by atoms with Crippen LogP contribution >= 0.6 is 11.6 Å². The number of hydrogen-bond acceptors (Lipinski definition) is 4. The standard InChI is InChI=1S/C13H8ClNO5/c14-7-1-3-10-9(5-7)15(13(18)20-10)6-8-2-4-11(19-8)12(16)17/h1-5H,6H2,(H,16,17). The predicted molar refractivity (Wildman–Crippen MR) is 70.3 cm³/mol. The van der Waals surface area contributed by atoms with E-state index in [0.29, 0.717) is 21.9 Å². The Labute approximate surface area is 116 Å². The van der Waals surface area contributed by atoms with Gasteiger partial charge in [0.05, 0.1) is 12.1 Å². The summed E-state index contributed by atoms with van der Waals surface area (Å²) in [5.41, 5.74) is 0.931. The van der Waals surface area contributed by atoms with Crippen LogP contribution in [0, 0.1) is 0 Å². The predicted octanol–water partition coefficient (Wildman–Crippen LogP) is 2.59. The summed E-state index contributed by atoms with van der Waals surface area (Å²) in [6, 6.07) is 7.65. The highest BCUT2D eigenvalue weighted by molar-refractivity contribution is 6.31. The highest BCUT2D eigenvalue weighted by Gasteiger charge is 2.14. The molecule has 2 aromatic heterocycles. The van der Waals surface area contributed by atoms with Crippen LogP contribution in [0.4, 0.5) is 0 Å². The largest absolute Gasteiger partial charge is 0.475 e. The molecule has 0 bridgehead atoms. The second-order valence-corrected chi connectivity index (χ2v) is 4.57. The quantitative estimate of drug-likeness (QED) is 0.802. The molecule has 0 aliphatic rings. The fraction of sp³-hybridized carbons (Fsp3) is 0.0769. The van der Waals surface area contributed by atoms with Crippen LogP contribution < -0.4 is 5.76 Å². The monoisotopic (exact) mass is 293 g/mol. The van der Waals surface area contributed by atoms with E-state index in [0.717, 1.165) is 0 Å². The van der Waals surface area contributed by atoms with Crippen molar-refractivity contribution in [1.82, 2.24) is 4.57 Å². The average molecular weight is 294 g/mol. The third-order valence-electron chi connectivity index (χ3n) is 2.82. The molecule has 6 nitrogen and oxygen atoms in total. The zero-order chi connectivity index (χ0) is 14.3. The van der Waals surface area contributed by atoms with Crippen LogP contribution in [-0.4, -0.2) is 15.6 Å². The van der Waals surface area contributed by atoms with Gasteiger partial charge in [-0.25, -0.2) is 9.59 Å². The molecule has 0 unspecified atom stereocenters. The molecule has 0 saturated heterocycles. The summed E-state index contributed by atoms with van der Waals surface area (Å²) < 4.78 is 11.5. The average Bonchev–Trinajstić information content (AvgIpc) is 2.97. The van der Waals surface area contributed by atoms with Crippen molar-refractivity contribution in [2.75, 3.05) is 0 Å². The normalized spacial score (nSPS) is 11.1. The summed E-state index contributed by atoms with van der Waals surface area (Å²) in [5.74, 6) is -1.56. The van der Waals surface area contributed by atoms with Crippen LogP contribution in [0.25, 0.3) is 11.1 Å². The van der Waals surface area contributed by atoms with Crippen molar-refractivity contribution in [1.29, 1.82) is 0 Å². The first-order valence-corrected chi connectivity index (χ1v) is 6.03. The number of hydrogen-bond donors (Lipinski definition) is 1. The Kier molecular flexibility index (Phi) is 2.87. The molecule has 1 N–H and O–H groups in total. The molecule has 2 heterocycles. The summed E-state index contributed by atoms with van der Waals surface area (Å²) in [4.78, 5) is 22.5. The third kappa shape index (κ3) is 2.10. The molecule has 0 aliphatic carbocycles. The molecule has 0 saturated carbocycles. The van der Waals surface area contributed by atoms with Crippen molar-refractivity contribution < 1.29 is 18.7 Å². The van der Waals surface area contributed by atoms with Gasteiger partial charge in [-0.1, -0.05) is 11.6 Å². The van der Waals surface area contributed by atoms with Crippen LogP contribution in [0.15, 0.2) is 44.0 Å². The van der Waals surface area contributed by atoms with Crippen molar-refractivity contribution in [3.05, 3.63) is 57.4 Å². The molecule has 20 heavy (non-hydrogen) atoms. The fourth-order valence-electron chi connectivity index (χ4n) is 1.92. The van der Waals surface area contributed by atoms with Crippen LogP contribution in [-0.2, 0) is 6.54 Å². The number of aromatic nitrogens is 1. The summed E-state index contributed by atoms with van der Waals surface area (Å²) in [6.45, 7) is 0.0689. The number of rotatable bonds is 3. The van der Waals surface area contributed by atoms with Crippen LogP contribution in [0.3, 0.4) is 0 Å². The number of fused-ring (bicyclic) bond motifs is 1. The zero-order valence-electron chi connectivity index (χ0n) is 10.00. The number of carbonyl (C=O) groups is 1. The summed E-state index contributed by atoms with van der Waals surface area (Å²) >= 11 is 5.89. The lowest BCUT2D eigenvalue weighted by atomic mass is 10.3. The number of aromatic carboxylic acids is 1. The van der Waals surface area contributed by atoms with Crippen molar-refractivity contribution in [2.45, 2.75) is 6.54 Å². The van der Waals surface area contributed by atoms with E-state index >= 15 is 0 Å². The number of furan rings is 1. The number of carboxylic acids is 1. The first-order chi connectivity index (χ1) is 9.54. The number of oxazole rings is 1. The molecule has 7 heteroatoms. The van der Waals surface area contributed by atoms with Gasteiger partial charge >= 0.3 is 11.7 Å². The van der Waals surface area contributed by atoms with Gasteiger partial charge in [-0.15, -0.1) is 0 Å². The smallest absolute Gasteiger partial charge is 0.420 e. The Hall–Kier alpha value is -2.47. The van der Waals surface area contributed by atoms with Crippen molar-refractivity contribution in [3.63, 3.8) is 0 Å². The zero-order valence-corrected chi connectivity index (χ0v) is 10.8. The molecule has 0 aliphatic heterocycles. The molecular formula is C13H8ClNO5. The second kappa shape index (κ2) is 4.57. The molecule has 102 valence electrons. The molecule has 1 aromatic carbocycles. The highest BCUT2D eigenvalue weighted by atomic mass is 35.5.